The Morgan fingerprint density at radius 1 is 0.340 bits per heavy atom. The number of aromatic nitrogens is 8. The Labute approximate surface area is 300 Å². The van der Waals surface area contributed by atoms with Crippen molar-refractivity contribution >= 4 is 56.4 Å². The quantitative estimate of drug-likeness (QED) is 0.179. The second kappa shape index (κ2) is 13.9. The van der Waals surface area contributed by atoms with E-state index in [1.807, 2.05) is 48.5 Å². The van der Waals surface area contributed by atoms with E-state index in [9.17, 15) is 0 Å². The van der Waals surface area contributed by atoms with E-state index in [1.165, 1.54) is 0 Å². The Morgan fingerprint density at radius 2 is 0.560 bits per heavy atom. The van der Waals surface area contributed by atoms with E-state index in [4.69, 9.17) is 19.9 Å². The standard InChI is InChI=1S/C40H24N8.ClH.Cr/c1-2-30-38(26-11-19-42-20-12-26)32-5-6-34(47-32)40(28-15-23-44-24-16-28)36-8-7-35(48-36)39(27-13-21-43-22-14-27)33-4-3-31(46-33)37(29(1)45-30)25-9-17-41-18-10-25;;/h1-24H;1H;/q-2;;+3/p-1. The van der Waals surface area contributed by atoms with Crippen LogP contribution in [0.15, 0.2) is 122 Å². The topological polar surface area (TPSA) is 106 Å². The third-order valence-corrected chi connectivity index (χ3v) is 8.49. The van der Waals surface area contributed by atoms with Crippen LogP contribution < -0.4 is 9.97 Å². The summed E-state index contributed by atoms with van der Waals surface area (Å²) in [6, 6.07) is 24.1. The Hall–Kier alpha value is -5.98. The van der Waals surface area contributed by atoms with Crippen LogP contribution in [0.2, 0.25) is 0 Å². The average Bonchev–Trinajstić information content (AvgIpc) is 4.02. The van der Waals surface area contributed by atoms with Gasteiger partial charge in [0.05, 0.1) is 22.8 Å². The van der Waals surface area contributed by atoms with Crippen molar-refractivity contribution in [2.24, 2.45) is 0 Å². The molecule has 0 atom stereocenters. The van der Waals surface area contributed by atoms with E-state index in [0.29, 0.717) is 0 Å². The number of hydrogen-bond donors (Lipinski definition) is 0. The maximum absolute atomic E-state index is 5.25. The van der Waals surface area contributed by atoms with Gasteiger partial charge in [0.1, 0.15) is 0 Å². The molecule has 0 aliphatic carbocycles. The van der Waals surface area contributed by atoms with Crippen molar-refractivity contribution in [1.29, 1.82) is 0 Å². The molecule has 10 heteroatoms. The zero-order valence-corrected chi connectivity index (χ0v) is 28.3. The third-order valence-electron chi connectivity index (χ3n) is 8.49. The van der Waals surface area contributed by atoms with Crippen molar-refractivity contribution in [3.05, 3.63) is 145 Å². The molecule has 0 unspecified atom stereocenters. The van der Waals surface area contributed by atoms with Crippen LogP contribution in [0.5, 0.6) is 0 Å². The summed E-state index contributed by atoms with van der Waals surface area (Å²) in [4.78, 5) is 38.1. The minimum atomic E-state index is 0.800. The maximum atomic E-state index is 5.25. The van der Waals surface area contributed by atoms with Crippen molar-refractivity contribution < 1.29 is 15.4 Å². The molecule has 0 fully saturated rings. The molecule has 8 bridgehead atoms. The van der Waals surface area contributed by atoms with Crippen LogP contribution in [0.4, 0.5) is 0 Å². The second-order valence-corrected chi connectivity index (χ2v) is 11.3. The first-order chi connectivity index (χ1) is 24.8. The molecular weight excluding hydrogens is 680 g/mol. The van der Waals surface area contributed by atoms with Crippen molar-refractivity contribution in [1.82, 2.24) is 39.9 Å². The SMILES string of the molecule is C1=Cc2nc1c(-c1ccncc1)c1ccc([n-]1)c(-c1ccncc1)c1nc(c(-c3ccncc3)c3ccc([n-]3)c2-c2ccncc2)C=C1.[Cl][Cr+2]. The molecule has 0 amide bonds. The summed E-state index contributed by atoms with van der Waals surface area (Å²) in [6.07, 6.45) is 22.5. The van der Waals surface area contributed by atoms with Gasteiger partial charge in [0.25, 0.3) is 0 Å². The van der Waals surface area contributed by atoms with Crippen LogP contribution in [-0.4, -0.2) is 29.9 Å². The van der Waals surface area contributed by atoms with Gasteiger partial charge in [-0.3, -0.25) is 19.9 Å². The Morgan fingerprint density at radius 3 is 0.780 bits per heavy atom. The number of hydrogen-bond acceptors (Lipinski definition) is 6. The Kier molecular flexibility index (Phi) is 8.68. The molecule has 0 radical (unpaired) electrons. The zero-order valence-electron chi connectivity index (χ0n) is 26.2. The van der Waals surface area contributed by atoms with E-state index in [0.717, 1.165) is 89.4 Å². The van der Waals surface area contributed by atoms with Gasteiger partial charge in [0.15, 0.2) is 0 Å². The van der Waals surface area contributed by atoms with Crippen LogP contribution in [0, 0.1) is 0 Å². The fourth-order valence-electron chi connectivity index (χ4n) is 6.34. The van der Waals surface area contributed by atoms with E-state index in [2.05, 4.69) is 93.9 Å². The molecule has 0 aromatic carbocycles. The van der Waals surface area contributed by atoms with Gasteiger partial charge >= 0.3 is 25.4 Å². The first kappa shape index (κ1) is 31.3. The van der Waals surface area contributed by atoms with Gasteiger partial charge in [-0.05, 0) is 117 Å². The normalized spacial score (nSPS) is 11.6. The molecule has 9 rings (SSSR count). The van der Waals surface area contributed by atoms with Crippen molar-refractivity contribution in [3.8, 4) is 44.5 Å². The summed E-state index contributed by atoms with van der Waals surface area (Å²) in [5.41, 5.74) is 13.9. The molecule has 50 heavy (non-hydrogen) atoms. The summed E-state index contributed by atoms with van der Waals surface area (Å²) in [7, 11) is 4.51. The summed E-state index contributed by atoms with van der Waals surface area (Å²) in [5.74, 6) is 0. The average molecular weight is 704 g/mol. The summed E-state index contributed by atoms with van der Waals surface area (Å²) in [6.45, 7) is 0. The Bertz CT molecular complexity index is 2200. The summed E-state index contributed by atoms with van der Waals surface area (Å²) >= 11 is 2.10. The van der Waals surface area contributed by atoms with Crippen molar-refractivity contribution in [2.75, 3.05) is 0 Å². The van der Waals surface area contributed by atoms with Crippen LogP contribution in [0.25, 0.3) is 90.9 Å². The van der Waals surface area contributed by atoms with Crippen molar-refractivity contribution in [3.63, 3.8) is 0 Å². The van der Waals surface area contributed by atoms with Crippen LogP contribution in [0.1, 0.15) is 22.8 Å². The van der Waals surface area contributed by atoms with E-state index in [-0.39, 0.29) is 0 Å². The summed E-state index contributed by atoms with van der Waals surface area (Å²) < 4.78 is 0. The number of pyridine rings is 4. The third kappa shape index (κ3) is 5.84. The van der Waals surface area contributed by atoms with Gasteiger partial charge in [0.2, 0.25) is 0 Å². The molecule has 0 saturated heterocycles. The molecule has 2 aliphatic rings. The van der Waals surface area contributed by atoms with Crippen molar-refractivity contribution in [2.45, 2.75) is 0 Å². The molecule has 237 valence electrons. The van der Waals surface area contributed by atoms with Gasteiger partial charge in [-0.15, -0.1) is 22.1 Å². The predicted molar refractivity (Wildman–Crippen MR) is 196 cm³/mol. The zero-order chi connectivity index (χ0) is 33.9. The minimum absolute atomic E-state index is 0.800. The van der Waals surface area contributed by atoms with Gasteiger partial charge in [0, 0.05) is 49.6 Å². The molecule has 7 aromatic heterocycles. The first-order valence-electron chi connectivity index (χ1n) is 15.6. The monoisotopic (exact) mass is 703 g/mol. The molecule has 0 N–H and O–H groups in total. The Balaban J connectivity index is 0.00000177. The van der Waals surface area contributed by atoms with Crippen LogP contribution in [0.3, 0.4) is 0 Å². The van der Waals surface area contributed by atoms with Gasteiger partial charge in [-0.2, -0.15) is 0 Å². The second-order valence-electron chi connectivity index (χ2n) is 11.3. The van der Waals surface area contributed by atoms with Crippen LogP contribution >= 0.6 is 10.0 Å². The number of fused-ring (bicyclic) bond motifs is 8. The molecule has 0 saturated carbocycles. The van der Waals surface area contributed by atoms with Gasteiger partial charge in [-0.25, -0.2) is 9.97 Å². The van der Waals surface area contributed by atoms with Gasteiger partial charge in [-0.1, -0.05) is 24.3 Å². The van der Waals surface area contributed by atoms with Crippen LogP contribution in [-0.2, 0) is 15.4 Å². The van der Waals surface area contributed by atoms with E-state index in [1.54, 1.807) is 49.6 Å². The molecular formula is C40H24ClCrN8. The molecule has 2 aliphatic heterocycles. The summed E-state index contributed by atoms with van der Waals surface area (Å²) in [5, 5.41) is 0. The number of halogens is 1. The van der Waals surface area contributed by atoms with Gasteiger partial charge < -0.3 is 9.97 Å². The molecule has 0 spiro atoms. The van der Waals surface area contributed by atoms with E-state index < -0.39 is 0 Å². The number of rotatable bonds is 4. The fourth-order valence-corrected chi connectivity index (χ4v) is 6.34. The number of nitrogens with zero attached hydrogens (tertiary/aromatic N) is 8. The predicted octanol–water partition coefficient (Wildman–Crippen LogP) is 8.85. The molecule has 8 nitrogen and oxygen atoms in total. The van der Waals surface area contributed by atoms with E-state index >= 15 is 0 Å². The molecule has 9 heterocycles. The first-order valence-corrected chi connectivity index (χ1v) is 17.4. The fraction of sp³-hybridized carbons (Fsp3) is 0. The molecule has 7 aromatic rings.